The summed E-state index contributed by atoms with van der Waals surface area (Å²) >= 11 is 0. The van der Waals surface area contributed by atoms with Gasteiger partial charge in [-0.25, -0.2) is 14.6 Å². The van der Waals surface area contributed by atoms with E-state index in [0.29, 0.717) is 19.6 Å². The molecule has 9 heteroatoms. The largest absolute Gasteiger partial charge is 0.476 e. The molecule has 0 fully saturated rings. The first kappa shape index (κ1) is 14.6. The van der Waals surface area contributed by atoms with Crippen LogP contribution >= 0.6 is 0 Å². The van der Waals surface area contributed by atoms with Crippen LogP contribution in [-0.2, 0) is 20.1 Å². The van der Waals surface area contributed by atoms with E-state index in [2.05, 4.69) is 20.7 Å². The molecule has 0 saturated heterocycles. The average molecular weight is 292 g/mol. The van der Waals surface area contributed by atoms with E-state index in [1.54, 1.807) is 22.5 Å². The lowest BCUT2D eigenvalue weighted by Crippen LogP contribution is -2.37. The molecule has 0 aromatic carbocycles. The van der Waals surface area contributed by atoms with Crippen molar-refractivity contribution in [2.45, 2.75) is 13.1 Å². The highest BCUT2D eigenvalue weighted by atomic mass is 16.4. The Hall–Kier alpha value is -2.84. The van der Waals surface area contributed by atoms with Gasteiger partial charge in [0, 0.05) is 32.5 Å². The summed E-state index contributed by atoms with van der Waals surface area (Å²) in [6.45, 7) is 1.20. The monoisotopic (exact) mass is 292 g/mol. The zero-order chi connectivity index (χ0) is 15.2. The lowest BCUT2D eigenvalue weighted by atomic mass is 10.4. The number of amides is 2. The van der Waals surface area contributed by atoms with Crippen molar-refractivity contribution >= 4 is 12.0 Å². The number of nitrogens with zero attached hydrogens (tertiary/aromatic N) is 4. The number of carbonyl (C=O) groups excluding carboxylic acids is 1. The number of aromatic nitrogens is 4. The van der Waals surface area contributed by atoms with Crippen molar-refractivity contribution in [2.75, 3.05) is 6.54 Å². The summed E-state index contributed by atoms with van der Waals surface area (Å²) in [7, 11) is 1.80. The first-order valence-electron chi connectivity index (χ1n) is 6.30. The number of carboxylic acid groups (broad SMARTS) is 1. The molecular weight excluding hydrogens is 276 g/mol. The zero-order valence-corrected chi connectivity index (χ0v) is 11.5. The molecule has 0 saturated carbocycles. The normalized spacial score (nSPS) is 10.3. The van der Waals surface area contributed by atoms with E-state index >= 15 is 0 Å². The summed E-state index contributed by atoms with van der Waals surface area (Å²) in [4.78, 5) is 26.0. The minimum atomic E-state index is -1.07. The molecule has 9 nitrogen and oxygen atoms in total. The molecule has 2 aromatic rings. The number of imidazole rings is 1. The van der Waals surface area contributed by atoms with E-state index in [4.69, 9.17) is 5.11 Å². The first-order valence-corrected chi connectivity index (χ1v) is 6.30. The highest BCUT2D eigenvalue weighted by molar-refractivity contribution is 5.84. The van der Waals surface area contributed by atoms with Crippen LogP contribution in [0.5, 0.6) is 0 Å². The van der Waals surface area contributed by atoms with Crippen LogP contribution in [0.1, 0.15) is 16.2 Å². The van der Waals surface area contributed by atoms with Gasteiger partial charge in [0.2, 0.25) is 0 Å². The van der Waals surface area contributed by atoms with Gasteiger partial charge in [0.1, 0.15) is 0 Å². The Bertz CT molecular complexity index is 632. The molecule has 2 rings (SSSR count). The smallest absolute Gasteiger partial charge is 0.356 e. The van der Waals surface area contributed by atoms with E-state index in [1.165, 1.54) is 12.5 Å². The molecule has 112 valence electrons. The van der Waals surface area contributed by atoms with Gasteiger partial charge >= 0.3 is 12.0 Å². The quantitative estimate of drug-likeness (QED) is 0.683. The summed E-state index contributed by atoms with van der Waals surface area (Å²) in [5.74, 6) is -1.07. The predicted octanol–water partition coefficient (Wildman–Crippen LogP) is -0.186. The van der Waals surface area contributed by atoms with Gasteiger partial charge in [-0.2, -0.15) is 5.10 Å². The fourth-order valence-corrected chi connectivity index (χ4v) is 1.70. The van der Waals surface area contributed by atoms with Crippen LogP contribution < -0.4 is 10.6 Å². The Labute approximate surface area is 120 Å². The Morgan fingerprint density at radius 1 is 1.38 bits per heavy atom. The summed E-state index contributed by atoms with van der Waals surface area (Å²) in [6.07, 6.45) is 4.49. The van der Waals surface area contributed by atoms with Gasteiger partial charge in [0.25, 0.3) is 0 Å². The first-order chi connectivity index (χ1) is 10.1. The SMILES string of the molecule is Cn1nccc1CNC(=O)NCCn1cnc(C(=O)O)c1. The number of hydrogen-bond acceptors (Lipinski definition) is 4. The van der Waals surface area contributed by atoms with E-state index in [0.717, 1.165) is 5.69 Å². The van der Waals surface area contributed by atoms with Crippen molar-refractivity contribution in [3.63, 3.8) is 0 Å². The van der Waals surface area contributed by atoms with Crippen LogP contribution in [0, 0.1) is 0 Å². The summed E-state index contributed by atoms with van der Waals surface area (Å²) in [6, 6.07) is 1.52. The van der Waals surface area contributed by atoms with E-state index in [-0.39, 0.29) is 11.7 Å². The molecule has 3 N–H and O–H groups in total. The lowest BCUT2D eigenvalue weighted by molar-refractivity contribution is 0.0691. The van der Waals surface area contributed by atoms with Crippen molar-refractivity contribution in [3.05, 3.63) is 36.2 Å². The number of carbonyl (C=O) groups is 2. The number of aromatic carboxylic acids is 1. The van der Waals surface area contributed by atoms with Crippen LogP contribution in [0.15, 0.2) is 24.8 Å². The van der Waals surface area contributed by atoms with Crippen LogP contribution in [-0.4, -0.2) is 43.0 Å². The van der Waals surface area contributed by atoms with Gasteiger partial charge < -0.3 is 20.3 Å². The highest BCUT2D eigenvalue weighted by Crippen LogP contribution is 1.96. The standard InChI is InChI=1S/C12H16N6O3/c1-17-9(2-3-16-17)6-14-12(21)13-4-5-18-7-10(11(19)20)15-8-18/h2-3,7-8H,4-6H2,1H3,(H,19,20)(H2,13,14,21). The van der Waals surface area contributed by atoms with Crippen molar-refractivity contribution in [1.82, 2.24) is 30.0 Å². The second kappa shape index (κ2) is 6.55. The van der Waals surface area contributed by atoms with E-state index in [9.17, 15) is 9.59 Å². The number of carboxylic acids is 1. The van der Waals surface area contributed by atoms with Gasteiger partial charge in [-0.15, -0.1) is 0 Å². The molecule has 0 spiro atoms. The molecule has 0 atom stereocenters. The van der Waals surface area contributed by atoms with Crippen molar-refractivity contribution < 1.29 is 14.7 Å². The van der Waals surface area contributed by atoms with Gasteiger partial charge in [0.15, 0.2) is 5.69 Å². The molecule has 0 unspecified atom stereocenters. The van der Waals surface area contributed by atoms with Crippen LogP contribution in [0.25, 0.3) is 0 Å². The Balaban J connectivity index is 1.69. The fraction of sp³-hybridized carbons (Fsp3) is 0.333. The molecular formula is C12H16N6O3. The molecule has 0 radical (unpaired) electrons. The van der Waals surface area contributed by atoms with E-state index in [1.807, 2.05) is 6.07 Å². The second-order valence-corrected chi connectivity index (χ2v) is 4.36. The lowest BCUT2D eigenvalue weighted by Gasteiger charge is -2.08. The van der Waals surface area contributed by atoms with Crippen molar-refractivity contribution in [2.24, 2.45) is 7.05 Å². The highest BCUT2D eigenvalue weighted by Gasteiger charge is 2.06. The Morgan fingerprint density at radius 2 is 2.19 bits per heavy atom. The van der Waals surface area contributed by atoms with E-state index < -0.39 is 5.97 Å². The second-order valence-electron chi connectivity index (χ2n) is 4.36. The molecule has 0 aliphatic carbocycles. The molecule has 2 aromatic heterocycles. The third-order valence-corrected chi connectivity index (χ3v) is 2.86. The summed E-state index contributed by atoms with van der Waals surface area (Å²) in [5.41, 5.74) is 0.876. The molecule has 0 bridgehead atoms. The third-order valence-electron chi connectivity index (χ3n) is 2.86. The summed E-state index contributed by atoms with van der Waals surface area (Å²) < 4.78 is 3.28. The van der Waals surface area contributed by atoms with Crippen molar-refractivity contribution in [3.8, 4) is 0 Å². The Morgan fingerprint density at radius 3 is 2.81 bits per heavy atom. The number of urea groups is 1. The molecule has 0 aliphatic heterocycles. The maximum Gasteiger partial charge on any atom is 0.356 e. The Kier molecular flexibility index (Phi) is 4.54. The van der Waals surface area contributed by atoms with Gasteiger partial charge in [-0.1, -0.05) is 0 Å². The third kappa shape index (κ3) is 4.06. The van der Waals surface area contributed by atoms with Crippen LogP contribution in [0.2, 0.25) is 0 Å². The molecule has 2 amide bonds. The van der Waals surface area contributed by atoms with Gasteiger partial charge in [-0.3, -0.25) is 4.68 Å². The maximum absolute atomic E-state index is 11.6. The minimum absolute atomic E-state index is 0.0179. The topological polar surface area (TPSA) is 114 Å². The summed E-state index contributed by atoms with van der Waals surface area (Å²) in [5, 5.41) is 18.1. The predicted molar refractivity (Wildman–Crippen MR) is 72.6 cm³/mol. The molecule has 2 heterocycles. The zero-order valence-electron chi connectivity index (χ0n) is 11.5. The van der Waals surface area contributed by atoms with Crippen LogP contribution in [0.4, 0.5) is 4.79 Å². The maximum atomic E-state index is 11.6. The van der Waals surface area contributed by atoms with Gasteiger partial charge in [-0.05, 0) is 6.07 Å². The van der Waals surface area contributed by atoms with Crippen LogP contribution in [0.3, 0.4) is 0 Å². The van der Waals surface area contributed by atoms with Crippen molar-refractivity contribution in [1.29, 1.82) is 0 Å². The number of hydrogen-bond donors (Lipinski definition) is 3. The molecule has 0 aliphatic rings. The average Bonchev–Trinajstić information content (AvgIpc) is 3.06. The number of nitrogens with one attached hydrogen (secondary N) is 2. The minimum Gasteiger partial charge on any atom is -0.476 e. The molecule has 21 heavy (non-hydrogen) atoms. The number of aryl methyl sites for hydroxylation is 1. The fourth-order valence-electron chi connectivity index (χ4n) is 1.70. The number of rotatable bonds is 6. The van der Waals surface area contributed by atoms with Gasteiger partial charge in [0.05, 0.1) is 18.6 Å².